The number of nitrogens with one attached hydrogen (secondary N) is 2. The lowest BCUT2D eigenvalue weighted by Gasteiger charge is -2.37. The van der Waals surface area contributed by atoms with Crippen LogP contribution in [-0.4, -0.2) is 116 Å². The van der Waals surface area contributed by atoms with Gasteiger partial charge >= 0.3 is 32.7 Å². The Morgan fingerprint density at radius 2 is 1.07 bits per heavy atom. The number of hydrogen-bond donors (Lipinski definition) is 5. The number of aliphatic hydroxyl groups is 2. The van der Waals surface area contributed by atoms with E-state index < -0.39 is 131 Å². The zero-order valence-electron chi connectivity index (χ0n) is 50.4. The molecular formula is C62H63Cl2N7O21P2. The third-order valence-electron chi connectivity index (χ3n) is 15.7. The summed E-state index contributed by atoms with van der Waals surface area (Å²) in [6.07, 6.45) is -12.1. The maximum Gasteiger partial charge on any atom is 0.530 e. The molecule has 11 rings (SSSR count). The fourth-order valence-corrected chi connectivity index (χ4v) is 14.0. The number of phosphoric ester groups is 2. The Labute approximate surface area is 544 Å². The number of phosphoric acid groups is 2. The standard InChI is InChI=1S/C62H63Cl2N7O21P2/c1-35-30-70(60(77)67-56(35)74)52-28-46(72)48(86-52)33-84-94(80,90-45-24-16-41(64)17-25-45)92-55-50(88-58(54(55)73)69-27-26-51(65)66-59(69)76)34-85-93(79,89-44-22-14-40(63)15-23-44)91-47-29-53(71-31-36(2)57(75)68-61(71)78)87-49(47)32-83-62(37-8-6-5-7-9-37,38-10-18-42(81-3)19-11-38)39-12-20-43(82-4)21-13-39/h5-27,30-31,46-50,52-55,58,72-73H,28-29,32-34H2,1-4H3,(H2,65,66,76)(H,67,74,77)(H,68,75,78)/t46-,47-,48+,49+,50+,52+,53+,54+,55+,58+,93?,94?/m0/s1. The molecule has 3 saturated heterocycles. The maximum atomic E-state index is 16.0. The van der Waals surface area contributed by atoms with Gasteiger partial charge in [-0.15, -0.1) is 0 Å². The Bertz CT molecular complexity index is 4340. The summed E-state index contributed by atoms with van der Waals surface area (Å²) in [6.45, 7) is 0.822. The number of benzene rings is 5. The number of rotatable bonds is 25. The average molecular weight is 1380 g/mol. The third kappa shape index (κ3) is 14.9. The molecule has 94 heavy (non-hydrogen) atoms. The van der Waals surface area contributed by atoms with Crippen LogP contribution in [0.25, 0.3) is 0 Å². The van der Waals surface area contributed by atoms with Crippen LogP contribution in [0.2, 0.25) is 10.0 Å². The average Bonchev–Trinajstić information content (AvgIpc) is 0.785. The molecule has 0 amide bonds. The molecule has 6 heterocycles. The summed E-state index contributed by atoms with van der Waals surface area (Å²) in [5, 5.41) is 24.1. The van der Waals surface area contributed by atoms with E-state index in [1.807, 2.05) is 54.6 Å². The number of hydrogen-bond acceptors (Lipinski definition) is 23. The first-order chi connectivity index (χ1) is 45.0. The van der Waals surface area contributed by atoms with Crippen molar-refractivity contribution >= 4 is 44.7 Å². The van der Waals surface area contributed by atoms with Crippen molar-refractivity contribution in [3.63, 3.8) is 0 Å². The summed E-state index contributed by atoms with van der Waals surface area (Å²) < 4.78 is 109. The highest BCUT2D eigenvalue weighted by Gasteiger charge is 2.53. The first kappa shape index (κ1) is 67.4. The van der Waals surface area contributed by atoms with Gasteiger partial charge in [0.2, 0.25) is 0 Å². The van der Waals surface area contributed by atoms with Gasteiger partial charge in [-0.3, -0.25) is 51.4 Å². The number of nitrogens with zero attached hydrogens (tertiary/aromatic N) is 4. The Morgan fingerprint density at radius 3 is 1.60 bits per heavy atom. The van der Waals surface area contributed by atoms with E-state index in [2.05, 4.69) is 15.0 Å². The normalized spacial score (nSPS) is 23.3. The highest BCUT2D eigenvalue weighted by atomic mass is 35.5. The molecule has 3 aromatic heterocycles. The molecule has 12 atom stereocenters. The molecule has 0 bridgehead atoms. The number of H-pyrrole nitrogens is 2. The van der Waals surface area contributed by atoms with Crippen LogP contribution in [0.1, 0.15) is 59.3 Å². The molecule has 3 aliphatic heterocycles. The molecule has 3 fully saturated rings. The molecule has 0 spiro atoms. The van der Waals surface area contributed by atoms with Gasteiger partial charge in [-0.25, -0.2) is 23.5 Å². The molecule has 3 aliphatic rings. The van der Waals surface area contributed by atoms with E-state index in [0.29, 0.717) is 28.2 Å². The predicted molar refractivity (Wildman–Crippen MR) is 337 cm³/mol. The summed E-state index contributed by atoms with van der Waals surface area (Å²) in [7, 11) is -7.39. The van der Waals surface area contributed by atoms with Crippen molar-refractivity contribution < 1.29 is 74.9 Å². The van der Waals surface area contributed by atoms with Gasteiger partial charge in [0, 0.05) is 52.6 Å². The van der Waals surface area contributed by atoms with Crippen LogP contribution in [0, 0.1) is 13.8 Å². The van der Waals surface area contributed by atoms with E-state index in [-0.39, 0.29) is 51.3 Å². The second-order valence-electron chi connectivity index (χ2n) is 22.0. The molecule has 28 nitrogen and oxygen atoms in total. The van der Waals surface area contributed by atoms with Crippen molar-refractivity contribution in [3.05, 3.63) is 242 Å². The van der Waals surface area contributed by atoms with Gasteiger partial charge < -0.3 is 53.4 Å². The summed E-state index contributed by atoms with van der Waals surface area (Å²) in [4.78, 5) is 73.3. The fraction of sp³-hybridized carbons (Fsp3) is 0.323. The number of aryl methyl sites for hydroxylation is 2. The SMILES string of the molecule is COc1ccc(C(OC[C@H]2O[C@@H](n3cc(C)c(=O)[nH]c3=O)C[C@@H]2OP(=O)(OC[C@H]2O[C@@H](n3ccc(N)nc3=O)[C@H](O)[C@@H]2OP(=O)(OC[C@H]2O[C@@H](n3cc(C)c(=O)[nH]c3=O)C[C@@H]2O)Oc2ccc(Cl)cc2)Oc2ccc(Cl)cc2)(c2ccccc2)c2ccc(OC)cc2)cc1. The van der Waals surface area contributed by atoms with Crippen molar-refractivity contribution in [1.82, 2.24) is 28.7 Å². The number of nitrogens with two attached hydrogens (primary N) is 1. The molecule has 496 valence electrons. The number of methoxy groups -OCH3 is 2. The topological polar surface area (TPSA) is 356 Å². The van der Waals surface area contributed by atoms with Crippen LogP contribution in [0.5, 0.6) is 23.0 Å². The lowest BCUT2D eigenvalue weighted by molar-refractivity contribution is -0.0950. The largest absolute Gasteiger partial charge is 0.530 e. The second-order valence-corrected chi connectivity index (χ2v) is 25.9. The summed E-state index contributed by atoms with van der Waals surface area (Å²) in [6, 6.07) is 35.9. The fourth-order valence-electron chi connectivity index (χ4n) is 10.9. The van der Waals surface area contributed by atoms with Gasteiger partial charge in [0.15, 0.2) is 6.23 Å². The van der Waals surface area contributed by atoms with Crippen molar-refractivity contribution in [3.8, 4) is 23.0 Å². The van der Waals surface area contributed by atoms with Crippen LogP contribution >= 0.6 is 38.8 Å². The minimum absolute atomic E-state index is 0.114. The molecule has 0 radical (unpaired) electrons. The lowest BCUT2D eigenvalue weighted by atomic mass is 9.80. The summed E-state index contributed by atoms with van der Waals surface area (Å²) >= 11 is 12.5. The van der Waals surface area contributed by atoms with E-state index in [1.165, 1.54) is 95.1 Å². The van der Waals surface area contributed by atoms with Gasteiger partial charge in [0.05, 0.1) is 40.1 Å². The Hall–Kier alpha value is -8.02. The Balaban J connectivity index is 0.953. The smallest absolute Gasteiger partial charge is 0.497 e. The number of anilines is 1. The molecule has 5 aromatic carbocycles. The monoisotopic (exact) mass is 1370 g/mol. The molecule has 8 aromatic rings. The summed E-state index contributed by atoms with van der Waals surface area (Å²) in [5.41, 5.74) is 2.61. The Kier molecular flexibility index (Phi) is 20.4. The number of nitrogen functional groups attached to an aromatic ring is 1. The first-order valence-electron chi connectivity index (χ1n) is 29.1. The van der Waals surface area contributed by atoms with Crippen molar-refractivity contribution in [1.29, 1.82) is 0 Å². The highest BCUT2D eigenvalue weighted by molar-refractivity contribution is 7.49. The van der Waals surface area contributed by atoms with Gasteiger partial charge in [0.1, 0.15) is 83.5 Å². The van der Waals surface area contributed by atoms with Crippen LogP contribution in [0.15, 0.2) is 176 Å². The Morgan fingerprint density at radius 1 is 0.596 bits per heavy atom. The zero-order chi connectivity index (χ0) is 66.6. The number of aromatic nitrogens is 6. The second kappa shape index (κ2) is 28.5. The molecule has 0 saturated carbocycles. The van der Waals surface area contributed by atoms with E-state index in [0.717, 1.165) is 19.9 Å². The van der Waals surface area contributed by atoms with Gasteiger partial charge in [-0.05, 0) is 109 Å². The van der Waals surface area contributed by atoms with Crippen LogP contribution < -0.4 is 52.4 Å². The number of ether oxygens (including phenoxy) is 6. The van der Waals surface area contributed by atoms with Crippen LogP contribution in [0.4, 0.5) is 5.82 Å². The lowest BCUT2D eigenvalue weighted by Crippen LogP contribution is -2.39. The van der Waals surface area contributed by atoms with Crippen molar-refractivity contribution in [2.24, 2.45) is 0 Å². The molecular weight excluding hydrogens is 1310 g/mol. The van der Waals surface area contributed by atoms with E-state index in [4.69, 9.17) is 84.5 Å². The van der Waals surface area contributed by atoms with Crippen LogP contribution in [0.3, 0.4) is 0 Å². The molecule has 2 unspecified atom stereocenters. The molecule has 0 aliphatic carbocycles. The zero-order valence-corrected chi connectivity index (χ0v) is 53.7. The summed E-state index contributed by atoms with van der Waals surface area (Å²) in [5.74, 6) is 0.645. The van der Waals surface area contributed by atoms with Gasteiger partial charge in [0.25, 0.3) is 11.1 Å². The number of aromatic amines is 2. The van der Waals surface area contributed by atoms with Gasteiger partial charge in [-0.1, -0.05) is 77.8 Å². The number of halogens is 2. The molecule has 6 N–H and O–H groups in total. The quantitative estimate of drug-likeness (QED) is 0.0278. The number of aliphatic hydroxyl groups excluding tert-OH is 2. The van der Waals surface area contributed by atoms with E-state index in [9.17, 15) is 34.2 Å². The molecule has 32 heteroatoms. The maximum absolute atomic E-state index is 16.0. The predicted octanol–water partition coefficient (Wildman–Crippen LogP) is 7.25. The van der Waals surface area contributed by atoms with Crippen LogP contribution in [-0.2, 0) is 51.8 Å². The highest BCUT2D eigenvalue weighted by Crippen LogP contribution is 2.57. The third-order valence-corrected chi connectivity index (χ3v) is 19.1. The van der Waals surface area contributed by atoms with E-state index in [1.54, 1.807) is 24.3 Å². The van der Waals surface area contributed by atoms with Crippen molar-refractivity contribution in [2.45, 2.75) is 93.7 Å². The minimum Gasteiger partial charge on any atom is -0.497 e. The first-order valence-corrected chi connectivity index (χ1v) is 32.8. The van der Waals surface area contributed by atoms with Crippen molar-refractivity contribution in [2.75, 3.05) is 39.8 Å². The minimum atomic E-state index is -5.24. The van der Waals surface area contributed by atoms with Gasteiger partial charge in [-0.2, -0.15) is 4.98 Å². The van der Waals surface area contributed by atoms with E-state index >= 15 is 9.13 Å².